The van der Waals surface area contributed by atoms with Gasteiger partial charge in [0.25, 0.3) is 5.91 Å². The molecule has 0 saturated heterocycles. The molecule has 1 amide bonds. The van der Waals surface area contributed by atoms with Gasteiger partial charge in [-0.15, -0.1) is 0 Å². The molecule has 136 valence electrons. The number of hydrogen-bond donors (Lipinski definition) is 2. The molecule has 5 nitrogen and oxygen atoms in total. The van der Waals surface area contributed by atoms with Gasteiger partial charge in [0.15, 0.2) is 11.5 Å². The largest absolute Gasteiger partial charge is 0.493 e. The third kappa shape index (κ3) is 3.63. The Kier molecular flexibility index (Phi) is 5.38. The molecule has 2 N–H and O–H groups in total. The first-order valence-corrected chi connectivity index (χ1v) is 8.68. The maximum atomic E-state index is 12.5. The average molecular weight is 373 g/mol. The number of ether oxygens (including phenoxy) is 2. The molecule has 0 aliphatic heterocycles. The van der Waals surface area contributed by atoms with E-state index in [1.165, 1.54) is 0 Å². The van der Waals surface area contributed by atoms with Gasteiger partial charge in [-0.05, 0) is 54.8 Å². The van der Waals surface area contributed by atoms with Crippen molar-refractivity contribution < 1.29 is 14.3 Å². The van der Waals surface area contributed by atoms with Crippen molar-refractivity contribution in [2.75, 3.05) is 20.8 Å². The van der Waals surface area contributed by atoms with Crippen molar-refractivity contribution in [1.82, 2.24) is 10.3 Å². The normalized spacial score (nSPS) is 10.8. The molecule has 0 unspecified atom stereocenters. The van der Waals surface area contributed by atoms with Gasteiger partial charge in [0.2, 0.25) is 0 Å². The quantitative estimate of drug-likeness (QED) is 0.684. The molecule has 1 heterocycles. The molecule has 1 aromatic heterocycles. The average Bonchev–Trinajstić information content (AvgIpc) is 2.97. The topological polar surface area (TPSA) is 63.3 Å². The van der Waals surface area contributed by atoms with Crippen LogP contribution in [0.15, 0.2) is 36.4 Å². The fraction of sp³-hybridized carbons (Fsp3) is 0.250. The van der Waals surface area contributed by atoms with Crippen LogP contribution in [-0.2, 0) is 6.42 Å². The van der Waals surface area contributed by atoms with Crippen molar-refractivity contribution in [3.8, 4) is 11.5 Å². The van der Waals surface area contributed by atoms with Gasteiger partial charge in [0.05, 0.1) is 14.2 Å². The van der Waals surface area contributed by atoms with Crippen LogP contribution in [0.3, 0.4) is 0 Å². The second-order valence-corrected chi connectivity index (χ2v) is 6.45. The van der Waals surface area contributed by atoms with Gasteiger partial charge in [-0.2, -0.15) is 0 Å². The molecule has 0 radical (unpaired) electrons. The molecule has 3 rings (SSSR count). The van der Waals surface area contributed by atoms with E-state index in [2.05, 4.69) is 10.3 Å². The smallest absolute Gasteiger partial charge is 0.268 e. The van der Waals surface area contributed by atoms with Crippen molar-refractivity contribution >= 4 is 28.4 Å². The van der Waals surface area contributed by atoms with Crippen LogP contribution < -0.4 is 14.8 Å². The van der Waals surface area contributed by atoms with Gasteiger partial charge in [-0.1, -0.05) is 17.7 Å². The molecule has 2 aromatic carbocycles. The number of aromatic nitrogens is 1. The number of carbonyl (C=O) groups excluding carboxylic acids is 1. The van der Waals surface area contributed by atoms with E-state index in [0.29, 0.717) is 35.2 Å². The summed E-state index contributed by atoms with van der Waals surface area (Å²) in [6, 6.07) is 11.3. The SMILES string of the molecule is COc1ccc(CCNC(=O)c2[nH]c3ccc(Cl)cc3c2C)cc1OC. The number of H-pyrrole nitrogens is 1. The van der Waals surface area contributed by atoms with E-state index in [0.717, 1.165) is 22.0 Å². The summed E-state index contributed by atoms with van der Waals surface area (Å²) in [4.78, 5) is 15.7. The van der Waals surface area contributed by atoms with Crippen LogP contribution in [0.1, 0.15) is 21.6 Å². The number of aryl methyl sites for hydroxylation is 1. The maximum Gasteiger partial charge on any atom is 0.268 e. The lowest BCUT2D eigenvalue weighted by atomic mass is 10.1. The van der Waals surface area contributed by atoms with E-state index < -0.39 is 0 Å². The molecule has 0 aliphatic rings. The highest BCUT2D eigenvalue weighted by molar-refractivity contribution is 6.31. The number of fused-ring (bicyclic) bond motifs is 1. The monoisotopic (exact) mass is 372 g/mol. The second-order valence-electron chi connectivity index (χ2n) is 6.01. The molecule has 0 bridgehead atoms. The number of methoxy groups -OCH3 is 2. The third-order valence-electron chi connectivity index (χ3n) is 4.39. The molecular weight excluding hydrogens is 352 g/mol. The number of carbonyl (C=O) groups is 1. The van der Waals surface area contributed by atoms with Gasteiger partial charge >= 0.3 is 0 Å². The molecule has 26 heavy (non-hydrogen) atoms. The predicted molar refractivity (Wildman–Crippen MR) is 104 cm³/mol. The lowest BCUT2D eigenvalue weighted by molar-refractivity contribution is 0.0949. The highest BCUT2D eigenvalue weighted by atomic mass is 35.5. The van der Waals surface area contributed by atoms with Crippen molar-refractivity contribution in [2.45, 2.75) is 13.3 Å². The van der Waals surface area contributed by atoms with E-state index >= 15 is 0 Å². The lowest BCUT2D eigenvalue weighted by Gasteiger charge is -2.10. The number of benzene rings is 2. The summed E-state index contributed by atoms with van der Waals surface area (Å²) in [6.45, 7) is 2.43. The first-order chi connectivity index (χ1) is 12.5. The summed E-state index contributed by atoms with van der Waals surface area (Å²) in [5, 5.41) is 4.57. The lowest BCUT2D eigenvalue weighted by Crippen LogP contribution is -2.26. The maximum absolute atomic E-state index is 12.5. The number of hydrogen-bond acceptors (Lipinski definition) is 3. The summed E-state index contributed by atoms with van der Waals surface area (Å²) in [6.07, 6.45) is 0.692. The minimum atomic E-state index is -0.129. The van der Waals surface area contributed by atoms with Gasteiger partial charge < -0.3 is 19.8 Å². The highest BCUT2D eigenvalue weighted by Gasteiger charge is 2.14. The number of aromatic amines is 1. The zero-order valence-electron chi connectivity index (χ0n) is 15.0. The van der Waals surface area contributed by atoms with Gasteiger partial charge in [0.1, 0.15) is 5.69 Å². The Morgan fingerprint density at radius 1 is 1.12 bits per heavy atom. The number of nitrogens with one attached hydrogen (secondary N) is 2. The van der Waals surface area contributed by atoms with Crippen molar-refractivity contribution in [3.05, 3.63) is 58.2 Å². The second kappa shape index (κ2) is 7.70. The number of halogens is 1. The van der Waals surface area contributed by atoms with Crippen LogP contribution >= 0.6 is 11.6 Å². The number of amides is 1. The van der Waals surface area contributed by atoms with Crippen molar-refractivity contribution in [2.24, 2.45) is 0 Å². The highest BCUT2D eigenvalue weighted by Crippen LogP contribution is 2.28. The Morgan fingerprint density at radius 2 is 1.88 bits per heavy atom. The van der Waals surface area contributed by atoms with Crippen LogP contribution in [0, 0.1) is 6.92 Å². The van der Waals surface area contributed by atoms with E-state index in [9.17, 15) is 4.79 Å². The van der Waals surface area contributed by atoms with Crippen LogP contribution in [0.4, 0.5) is 0 Å². The van der Waals surface area contributed by atoms with Crippen molar-refractivity contribution in [3.63, 3.8) is 0 Å². The van der Waals surface area contributed by atoms with E-state index in [1.807, 2.05) is 37.3 Å². The number of rotatable bonds is 6. The molecule has 0 spiro atoms. The standard InChI is InChI=1S/C20H21ClN2O3/c1-12-15-11-14(21)5-6-16(15)23-19(12)20(24)22-9-8-13-4-7-17(25-2)18(10-13)26-3/h4-7,10-11,23H,8-9H2,1-3H3,(H,22,24). The Morgan fingerprint density at radius 3 is 2.62 bits per heavy atom. The van der Waals surface area contributed by atoms with E-state index in [1.54, 1.807) is 20.3 Å². The van der Waals surface area contributed by atoms with E-state index in [-0.39, 0.29) is 5.91 Å². The van der Waals surface area contributed by atoms with Crippen molar-refractivity contribution in [1.29, 1.82) is 0 Å². The zero-order chi connectivity index (χ0) is 18.7. The van der Waals surface area contributed by atoms with Gasteiger partial charge in [-0.25, -0.2) is 0 Å². The van der Waals surface area contributed by atoms with Crippen LogP contribution in [0.2, 0.25) is 5.02 Å². The molecule has 0 aliphatic carbocycles. The summed E-state index contributed by atoms with van der Waals surface area (Å²) in [5.41, 5.74) is 3.42. The first kappa shape index (κ1) is 18.1. The Balaban J connectivity index is 1.67. The summed E-state index contributed by atoms with van der Waals surface area (Å²) < 4.78 is 10.5. The third-order valence-corrected chi connectivity index (χ3v) is 4.63. The van der Waals surface area contributed by atoms with Gasteiger partial charge in [-0.3, -0.25) is 4.79 Å². The minimum absolute atomic E-state index is 0.129. The fourth-order valence-corrected chi connectivity index (χ4v) is 3.14. The Hall–Kier alpha value is -2.66. The molecule has 0 fully saturated rings. The zero-order valence-corrected chi connectivity index (χ0v) is 15.7. The summed E-state index contributed by atoms with van der Waals surface area (Å²) in [5.74, 6) is 1.24. The molecule has 3 aromatic rings. The van der Waals surface area contributed by atoms with Crippen LogP contribution in [0.25, 0.3) is 10.9 Å². The predicted octanol–water partition coefficient (Wildman–Crippen LogP) is 4.12. The molecule has 6 heteroatoms. The fourth-order valence-electron chi connectivity index (χ4n) is 2.97. The van der Waals surface area contributed by atoms with Gasteiger partial charge in [0, 0.05) is 22.5 Å². The Bertz CT molecular complexity index is 950. The van der Waals surface area contributed by atoms with E-state index in [4.69, 9.17) is 21.1 Å². The molecule has 0 saturated carbocycles. The Labute approximate surface area is 157 Å². The molecular formula is C20H21ClN2O3. The minimum Gasteiger partial charge on any atom is -0.493 e. The van der Waals surface area contributed by atoms with Crippen LogP contribution in [0.5, 0.6) is 11.5 Å². The first-order valence-electron chi connectivity index (χ1n) is 8.30. The van der Waals surface area contributed by atoms with Crippen LogP contribution in [-0.4, -0.2) is 31.7 Å². The summed E-state index contributed by atoms with van der Waals surface area (Å²) in [7, 11) is 3.21. The molecule has 0 atom stereocenters. The summed E-state index contributed by atoms with van der Waals surface area (Å²) >= 11 is 6.04.